The molecule has 0 saturated heterocycles. The van der Waals surface area contributed by atoms with Crippen molar-refractivity contribution in [3.05, 3.63) is 52.9 Å². The summed E-state index contributed by atoms with van der Waals surface area (Å²) in [6.07, 6.45) is 5.26. The molecule has 0 saturated carbocycles. The first-order valence-electron chi connectivity index (χ1n) is 7.02. The standard InChI is InChI=1S/C17H13N5OS/c1-2-8-24-17-21-14(19)13-12(10-6-4-3-5-7-10)11(9-18)15(20)23-16(13)22-17/h1,3-7,12H,8,20H2,(H2,19,21,22). The highest BCUT2D eigenvalue weighted by Gasteiger charge is 2.34. The monoisotopic (exact) mass is 335 g/mol. The van der Waals surface area contributed by atoms with Gasteiger partial charge in [-0.15, -0.1) is 6.42 Å². The molecule has 6 nitrogen and oxygen atoms in total. The Kier molecular flexibility index (Phi) is 4.28. The lowest BCUT2D eigenvalue weighted by Crippen LogP contribution is -2.23. The molecule has 24 heavy (non-hydrogen) atoms. The molecule has 1 aliphatic rings. The van der Waals surface area contributed by atoms with Crippen LogP contribution in [0.3, 0.4) is 0 Å². The number of allylic oxidation sites excluding steroid dienone is 1. The number of aromatic nitrogens is 2. The Bertz CT molecular complexity index is 896. The molecule has 0 fully saturated rings. The van der Waals surface area contributed by atoms with Crippen molar-refractivity contribution in [2.45, 2.75) is 11.1 Å². The smallest absolute Gasteiger partial charge is 0.231 e. The van der Waals surface area contributed by atoms with Crippen LogP contribution in [0.25, 0.3) is 0 Å². The van der Waals surface area contributed by atoms with Crippen molar-refractivity contribution < 1.29 is 4.74 Å². The molecule has 118 valence electrons. The minimum Gasteiger partial charge on any atom is -0.422 e. The van der Waals surface area contributed by atoms with E-state index >= 15 is 0 Å². The summed E-state index contributed by atoms with van der Waals surface area (Å²) in [6.45, 7) is 0. The first-order chi connectivity index (χ1) is 11.7. The van der Waals surface area contributed by atoms with Gasteiger partial charge in [-0.2, -0.15) is 10.2 Å². The highest BCUT2D eigenvalue weighted by atomic mass is 32.2. The Balaban J connectivity index is 2.17. The summed E-state index contributed by atoms with van der Waals surface area (Å²) in [5.41, 5.74) is 13.7. The number of anilines is 1. The van der Waals surface area contributed by atoms with Crippen LogP contribution in [-0.2, 0) is 0 Å². The fourth-order valence-corrected chi connectivity index (χ4v) is 3.03. The minimum absolute atomic E-state index is 0.0184. The van der Waals surface area contributed by atoms with E-state index < -0.39 is 5.92 Å². The molecule has 3 rings (SSSR count). The van der Waals surface area contributed by atoms with Crippen LogP contribution in [0.4, 0.5) is 5.82 Å². The van der Waals surface area contributed by atoms with E-state index in [1.807, 2.05) is 30.3 Å². The van der Waals surface area contributed by atoms with Gasteiger partial charge in [-0.1, -0.05) is 48.0 Å². The number of benzene rings is 1. The quantitative estimate of drug-likeness (QED) is 0.501. The Labute approximate surface area is 143 Å². The van der Waals surface area contributed by atoms with Crippen LogP contribution < -0.4 is 16.2 Å². The van der Waals surface area contributed by atoms with Crippen molar-refractivity contribution in [1.82, 2.24) is 9.97 Å². The zero-order valence-electron chi connectivity index (χ0n) is 12.6. The molecule has 0 bridgehead atoms. The summed E-state index contributed by atoms with van der Waals surface area (Å²) in [6, 6.07) is 11.5. The molecule has 0 aliphatic carbocycles. The molecule has 1 aliphatic heterocycles. The SMILES string of the molecule is C#CCSc1nc(N)c2c(n1)OC(N)=C(C#N)C2c1ccccc1. The molecule has 2 heterocycles. The van der Waals surface area contributed by atoms with Gasteiger partial charge in [-0.05, 0) is 5.56 Å². The first kappa shape index (κ1) is 15.7. The molecule has 1 atom stereocenters. The van der Waals surface area contributed by atoms with Gasteiger partial charge in [-0.3, -0.25) is 0 Å². The zero-order chi connectivity index (χ0) is 17.1. The lowest BCUT2D eigenvalue weighted by molar-refractivity contribution is 0.373. The van der Waals surface area contributed by atoms with Gasteiger partial charge in [0.05, 0.1) is 17.2 Å². The van der Waals surface area contributed by atoms with Gasteiger partial charge in [0.1, 0.15) is 17.5 Å². The topological polar surface area (TPSA) is 111 Å². The van der Waals surface area contributed by atoms with E-state index in [-0.39, 0.29) is 23.2 Å². The molecule has 4 N–H and O–H groups in total. The van der Waals surface area contributed by atoms with Gasteiger partial charge >= 0.3 is 0 Å². The van der Waals surface area contributed by atoms with Crippen LogP contribution in [0.15, 0.2) is 46.9 Å². The van der Waals surface area contributed by atoms with Crippen LogP contribution in [0.5, 0.6) is 5.88 Å². The second-order valence-electron chi connectivity index (χ2n) is 4.94. The average Bonchev–Trinajstić information content (AvgIpc) is 2.59. The maximum atomic E-state index is 9.50. The maximum Gasteiger partial charge on any atom is 0.231 e. The maximum absolute atomic E-state index is 9.50. The van der Waals surface area contributed by atoms with Crippen LogP contribution in [-0.4, -0.2) is 15.7 Å². The number of nitrogens with zero attached hydrogens (tertiary/aromatic N) is 3. The third-order valence-corrected chi connectivity index (χ3v) is 4.26. The number of thioether (sulfide) groups is 1. The van der Waals surface area contributed by atoms with Crippen molar-refractivity contribution in [3.63, 3.8) is 0 Å². The third kappa shape index (κ3) is 2.73. The molecule has 2 aromatic rings. The third-order valence-electron chi connectivity index (χ3n) is 3.51. The summed E-state index contributed by atoms with van der Waals surface area (Å²) in [5, 5.41) is 9.91. The highest BCUT2D eigenvalue weighted by Crippen LogP contribution is 2.43. The van der Waals surface area contributed by atoms with E-state index in [0.29, 0.717) is 16.5 Å². The molecule has 1 aromatic carbocycles. The van der Waals surface area contributed by atoms with Crippen molar-refractivity contribution in [3.8, 4) is 24.3 Å². The lowest BCUT2D eigenvalue weighted by atomic mass is 9.85. The van der Waals surface area contributed by atoms with Crippen molar-refractivity contribution in [1.29, 1.82) is 5.26 Å². The largest absolute Gasteiger partial charge is 0.422 e. The molecule has 1 unspecified atom stereocenters. The number of fused-ring (bicyclic) bond motifs is 1. The van der Waals surface area contributed by atoms with Gasteiger partial charge in [-0.25, -0.2) is 4.98 Å². The number of nitriles is 1. The molecule has 0 amide bonds. The van der Waals surface area contributed by atoms with Crippen LogP contribution in [0.1, 0.15) is 17.0 Å². The Morgan fingerprint density at radius 3 is 2.67 bits per heavy atom. The van der Waals surface area contributed by atoms with E-state index in [1.54, 1.807) is 0 Å². The Morgan fingerprint density at radius 1 is 1.25 bits per heavy atom. The molecule has 1 aromatic heterocycles. The van der Waals surface area contributed by atoms with Crippen LogP contribution in [0, 0.1) is 23.7 Å². The van der Waals surface area contributed by atoms with E-state index in [9.17, 15) is 5.26 Å². The summed E-state index contributed by atoms with van der Waals surface area (Å²) >= 11 is 1.27. The van der Waals surface area contributed by atoms with Crippen LogP contribution in [0.2, 0.25) is 0 Å². The summed E-state index contributed by atoms with van der Waals surface area (Å²) in [4.78, 5) is 8.61. The molecule has 0 spiro atoms. The van der Waals surface area contributed by atoms with E-state index in [1.165, 1.54) is 11.8 Å². The summed E-state index contributed by atoms with van der Waals surface area (Å²) in [7, 11) is 0. The van der Waals surface area contributed by atoms with Gasteiger partial charge in [0, 0.05) is 0 Å². The summed E-state index contributed by atoms with van der Waals surface area (Å²) in [5.74, 6) is 2.96. The fraction of sp³-hybridized carbons (Fsp3) is 0.118. The molecule has 0 radical (unpaired) electrons. The van der Waals surface area contributed by atoms with Crippen molar-refractivity contribution in [2.24, 2.45) is 5.73 Å². The second kappa shape index (κ2) is 6.53. The molecular weight excluding hydrogens is 322 g/mol. The van der Waals surface area contributed by atoms with Gasteiger partial charge in [0.15, 0.2) is 5.16 Å². The Morgan fingerprint density at radius 2 is 2.00 bits per heavy atom. The van der Waals surface area contributed by atoms with Gasteiger partial charge in [0.25, 0.3) is 0 Å². The minimum atomic E-state index is -0.466. The fourth-order valence-electron chi connectivity index (χ4n) is 2.51. The van der Waals surface area contributed by atoms with Crippen molar-refractivity contribution in [2.75, 3.05) is 11.5 Å². The predicted molar refractivity (Wildman–Crippen MR) is 91.7 cm³/mol. The number of terminal acetylenes is 1. The lowest BCUT2D eigenvalue weighted by Gasteiger charge is -2.26. The molecular formula is C17H13N5OS. The number of ether oxygens (including phenoxy) is 1. The number of rotatable bonds is 3. The highest BCUT2D eigenvalue weighted by molar-refractivity contribution is 7.99. The van der Waals surface area contributed by atoms with Crippen LogP contribution >= 0.6 is 11.8 Å². The number of hydrogen-bond donors (Lipinski definition) is 2. The molecule has 7 heteroatoms. The predicted octanol–water partition coefficient (Wildman–Crippen LogP) is 2.00. The summed E-state index contributed by atoms with van der Waals surface area (Å²) < 4.78 is 5.53. The van der Waals surface area contributed by atoms with Gasteiger partial charge < -0.3 is 16.2 Å². The van der Waals surface area contributed by atoms with E-state index in [0.717, 1.165) is 5.56 Å². The van der Waals surface area contributed by atoms with Gasteiger partial charge in [0.2, 0.25) is 11.8 Å². The number of nitrogen functional groups attached to an aromatic ring is 1. The number of hydrogen-bond acceptors (Lipinski definition) is 7. The Hall–Kier alpha value is -3.16. The second-order valence-corrected chi connectivity index (χ2v) is 5.88. The van der Waals surface area contributed by atoms with E-state index in [4.69, 9.17) is 22.6 Å². The van der Waals surface area contributed by atoms with Crippen molar-refractivity contribution >= 4 is 17.6 Å². The number of nitrogens with two attached hydrogens (primary N) is 2. The van der Waals surface area contributed by atoms with E-state index in [2.05, 4.69) is 22.0 Å². The normalized spacial score (nSPS) is 15.8. The first-order valence-corrected chi connectivity index (χ1v) is 8.00. The average molecular weight is 335 g/mol. The zero-order valence-corrected chi connectivity index (χ0v) is 13.4.